The second kappa shape index (κ2) is 4.17. The maximum absolute atomic E-state index is 13.1. The summed E-state index contributed by atoms with van der Waals surface area (Å²) >= 11 is 0. The van der Waals surface area contributed by atoms with Crippen LogP contribution < -0.4 is 5.32 Å². The molecule has 0 heterocycles. The lowest BCUT2D eigenvalue weighted by atomic mass is 9.98. The minimum absolute atomic E-state index is 0.156. The van der Waals surface area contributed by atoms with E-state index < -0.39 is 0 Å². The van der Waals surface area contributed by atoms with Gasteiger partial charge < -0.3 is 5.32 Å². The van der Waals surface area contributed by atoms with E-state index in [-0.39, 0.29) is 11.9 Å². The first-order chi connectivity index (χ1) is 7.51. The Morgan fingerprint density at radius 2 is 2.00 bits per heavy atom. The summed E-state index contributed by atoms with van der Waals surface area (Å²) in [6.07, 6.45) is 2.61. The summed E-state index contributed by atoms with van der Waals surface area (Å²) in [5.41, 5.74) is 1.48. The lowest BCUT2D eigenvalue weighted by Crippen LogP contribution is -2.35. The van der Waals surface area contributed by atoms with E-state index in [0.717, 1.165) is 5.56 Å². The Labute approximate surface area is 97.1 Å². The summed E-state index contributed by atoms with van der Waals surface area (Å²) in [5, 5.41) is 3.56. The SMILES string of the molecule is CC(N[C@H](C)c1cccc(F)c1)C1(C)CC1. The first kappa shape index (κ1) is 11.6. The van der Waals surface area contributed by atoms with Crippen molar-refractivity contribution in [2.75, 3.05) is 0 Å². The van der Waals surface area contributed by atoms with Crippen molar-refractivity contribution in [2.45, 2.75) is 45.7 Å². The summed E-state index contributed by atoms with van der Waals surface area (Å²) in [6, 6.07) is 7.55. The Morgan fingerprint density at radius 1 is 1.31 bits per heavy atom. The summed E-state index contributed by atoms with van der Waals surface area (Å²) in [5.74, 6) is -0.156. The molecule has 0 aliphatic heterocycles. The lowest BCUT2D eigenvalue weighted by Gasteiger charge is -2.25. The van der Waals surface area contributed by atoms with Crippen LogP contribution in [0, 0.1) is 11.2 Å². The van der Waals surface area contributed by atoms with Gasteiger partial charge in [-0.15, -0.1) is 0 Å². The maximum atomic E-state index is 13.1. The molecule has 0 saturated heterocycles. The molecule has 2 heteroatoms. The smallest absolute Gasteiger partial charge is 0.123 e. The molecule has 1 aliphatic rings. The zero-order valence-corrected chi connectivity index (χ0v) is 10.3. The van der Waals surface area contributed by atoms with Gasteiger partial charge in [-0.05, 0) is 49.8 Å². The molecule has 1 saturated carbocycles. The van der Waals surface area contributed by atoms with Crippen LogP contribution in [0.4, 0.5) is 4.39 Å². The number of hydrogen-bond acceptors (Lipinski definition) is 1. The van der Waals surface area contributed by atoms with Gasteiger partial charge in [0.2, 0.25) is 0 Å². The van der Waals surface area contributed by atoms with Crippen molar-refractivity contribution in [1.29, 1.82) is 0 Å². The number of hydrogen-bond donors (Lipinski definition) is 1. The molecule has 0 aromatic heterocycles. The Balaban J connectivity index is 2.00. The largest absolute Gasteiger partial charge is 0.307 e. The van der Waals surface area contributed by atoms with Gasteiger partial charge in [-0.1, -0.05) is 19.1 Å². The number of nitrogens with one attached hydrogen (secondary N) is 1. The number of rotatable bonds is 4. The zero-order chi connectivity index (χ0) is 11.8. The van der Waals surface area contributed by atoms with Gasteiger partial charge in [0.15, 0.2) is 0 Å². The quantitative estimate of drug-likeness (QED) is 0.818. The van der Waals surface area contributed by atoms with Crippen LogP contribution >= 0.6 is 0 Å². The lowest BCUT2D eigenvalue weighted by molar-refractivity contribution is 0.350. The van der Waals surface area contributed by atoms with Gasteiger partial charge in [-0.25, -0.2) is 4.39 Å². The molecule has 1 unspecified atom stereocenters. The molecule has 0 amide bonds. The Bertz CT molecular complexity index is 371. The van der Waals surface area contributed by atoms with Crippen LogP contribution in [-0.4, -0.2) is 6.04 Å². The fraction of sp³-hybridized carbons (Fsp3) is 0.571. The minimum Gasteiger partial charge on any atom is -0.307 e. The number of benzene rings is 1. The van der Waals surface area contributed by atoms with Crippen molar-refractivity contribution in [2.24, 2.45) is 5.41 Å². The molecule has 1 nitrogen and oxygen atoms in total. The number of halogens is 1. The van der Waals surface area contributed by atoms with Crippen LogP contribution in [0.15, 0.2) is 24.3 Å². The minimum atomic E-state index is -0.156. The first-order valence-electron chi connectivity index (χ1n) is 6.03. The Hall–Kier alpha value is -0.890. The van der Waals surface area contributed by atoms with E-state index >= 15 is 0 Å². The molecular weight excluding hydrogens is 201 g/mol. The Morgan fingerprint density at radius 3 is 2.56 bits per heavy atom. The predicted octanol–water partition coefficient (Wildman–Crippen LogP) is 3.66. The van der Waals surface area contributed by atoms with E-state index in [9.17, 15) is 4.39 Å². The molecule has 1 aromatic carbocycles. The van der Waals surface area contributed by atoms with Crippen LogP contribution in [0.5, 0.6) is 0 Å². The fourth-order valence-electron chi connectivity index (χ4n) is 2.08. The fourth-order valence-corrected chi connectivity index (χ4v) is 2.08. The average Bonchev–Trinajstić information content (AvgIpc) is 2.98. The van der Waals surface area contributed by atoms with Crippen LogP contribution in [0.2, 0.25) is 0 Å². The molecule has 88 valence electrons. The third-order valence-electron chi connectivity index (χ3n) is 3.93. The third-order valence-corrected chi connectivity index (χ3v) is 3.93. The molecule has 2 atom stereocenters. The van der Waals surface area contributed by atoms with Crippen molar-refractivity contribution in [3.8, 4) is 0 Å². The van der Waals surface area contributed by atoms with Crippen LogP contribution in [-0.2, 0) is 0 Å². The van der Waals surface area contributed by atoms with Crippen LogP contribution in [0.1, 0.15) is 45.2 Å². The van der Waals surface area contributed by atoms with E-state index in [0.29, 0.717) is 11.5 Å². The Kier molecular flexibility index (Phi) is 3.02. The van der Waals surface area contributed by atoms with Crippen molar-refractivity contribution < 1.29 is 4.39 Å². The highest BCUT2D eigenvalue weighted by atomic mass is 19.1. The van der Waals surface area contributed by atoms with Crippen molar-refractivity contribution >= 4 is 0 Å². The van der Waals surface area contributed by atoms with Crippen LogP contribution in [0.25, 0.3) is 0 Å². The standard InChI is InChI=1S/C14H20FN/c1-10(12-5-4-6-13(15)9-12)16-11(2)14(3)7-8-14/h4-6,9-11,16H,7-8H2,1-3H3/t10-,11?/m1/s1. The van der Waals surface area contributed by atoms with Crippen molar-refractivity contribution in [3.05, 3.63) is 35.6 Å². The van der Waals surface area contributed by atoms with E-state index in [2.05, 4.69) is 26.1 Å². The topological polar surface area (TPSA) is 12.0 Å². The first-order valence-corrected chi connectivity index (χ1v) is 6.03. The molecule has 1 N–H and O–H groups in total. The highest BCUT2D eigenvalue weighted by molar-refractivity contribution is 5.20. The molecule has 1 aromatic rings. The molecule has 16 heavy (non-hydrogen) atoms. The van der Waals surface area contributed by atoms with E-state index in [4.69, 9.17) is 0 Å². The maximum Gasteiger partial charge on any atom is 0.123 e. The normalized spacial score (nSPS) is 21.5. The molecular formula is C14H20FN. The summed E-state index contributed by atoms with van der Waals surface area (Å²) in [7, 11) is 0. The third kappa shape index (κ3) is 2.43. The van der Waals surface area contributed by atoms with Crippen molar-refractivity contribution in [3.63, 3.8) is 0 Å². The van der Waals surface area contributed by atoms with E-state index in [1.807, 2.05) is 6.07 Å². The second-order valence-corrected chi connectivity index (χ2v) is 5.32. The van der Waals surface area contributed by atoms with E-state index in [1.54, 1.807) is 12.1 Å². The highest BCUT2D eigenvalue weighted by Crippen LogP contribution is 2.48. The molecule has 1 aliphatic carbocycles. The van der Waals surface area contributed by atoms with Gasteiger partial charge in [0.05, 0.1) is 0 Å². The molecule has 2 rings (SSSR count). The van der Waals surface area contributed by atoms with Gasteiger partial charge in [0.25, 0.3) is 0 Å². The molecule has 0 bridgehead atoms. The summed E-state index contributed by atoms with van der Waals surface area (Å²) in [4.78, 5) is 0. The van der Waals surface area contributed by atoms with Gasteiger partial charge in [-0.2, -0.15) is 0 Å². The monoisotopic (exact) mass is 221 g/mol. The van der Waals surface area contributed by atoms with Gasteiger partial charge >= 0.3 is 0 Å². The van der Waals surface area contributed by atoms with Gasteiger partial charge in [0.1, 0.15) is 5.82 Å². The van der Waals surface area contributed by atoms with Gasteiger partial charge in [-0.3, -0.25) is 0 Å². The molecule has 1 fully saturated rings. The highest BCUT2D eigenvalue weighted by Gasteiger charge is 2.42. The summed E-state index contributed by atoms with van der Waals surface area (Å²) < 4.78 is 13.1. The zero-order valence-electron chi connectivity index (χ0n) is 10.3. The average molecular weight is 221 g/mol. The van der Waals surface area contributed by atoms with Gasteiger partial charge in [0, 0.05) is 12.1 Å². The second-order valence-electron chi connectivity index (χ2n) is 5.32. The van der Waals surface area contributed by atoms with E-state index in [1.165, 1.54) is 18.9 Å². The summed E-state index contributed by atoms with van der Waals surface area (Å²) in [6.45, 7) is 6.63. The molecule has 0 radical (unpaired) electrons. The predicted molar refractivity (Wildman–Crippen MR) is 64.8 cm³/mol. The molecule has 0 spiro atoms. The van der Waals surface area contributed by atoms with Crippen LogP contribution in [0.3, 0.4) is 0 Å². The van der Waals surface area contributed by atoms with Crippen molar-refractivity contribution in [1.82, 2.24) is 5.32 Å².